The van der Waals surface area contributed by atoms with Crippen LogP contribution in [0.2, 0.25) is 0 Å². The molecule has 1 fully saturated rings. The maximum atomic E-state index is 13.1. The summed E-state index contributed by atoms with van der Waals surface area (Å²) in [6, 6.07) is 4.65. The van der Waals surface area contributed by atoms with Crippen LogP contribution in [0.25, 0.3) is 0 Å². The third-order valence-corrected chi connectivity index (χ3v) is 6.54. The van der Waals surface area contributed by atoms with E-state index in [-0.39, 0.29) is 17.7 Å². The predicted octanol–water partition coefficient (Wildman–Crippen LogP) is 1.21. The summed E-state index contributed by atoms with van der Waals surface area (Å²) in [6.07, 6.45) is 3.45. The minimum Gasteiger partial charge on any atom is -0.454 e. The van der Waals surface area contributed by atoms with E-state index in [0.29, 0.717) is 31.1 Å². The highest BCUT2D eigenvalue weighted by molar-refractivity contribution is 7.89. The number of nitrogens with one attached hydrogen (secondary N) is 1. The molecule has 0 radical (unpaired) electrons. The van der Waals surface area contributed by atoms with Gasteiger partial charge in [0.1, 0.15) is 5.82 Å². The normalized spacial score (nSPS) is 21.6. The first-order valence-corrected chi connectivity index (χ1v) is 9.66. The number of benzene rings is 1. The number of nitrogens with zero attached hydrogens (tertiary/aromatic N) is 3. The molecule has 1 N–H and O–H groups in total. The fraction of sp³-hybridized carbons (Fsp3) is 0.438. The van der Waals surface area contributed by atoms with Gasteiger partial charge < -0.3 is 14.5 Å². The van der Waals surface area contributed by atoms with Gasteiger partial charge in [-0.3, -0.25) is 4.90 Å². The van der Waals surface area contributed by atoms with E-state index < -0.39 is 10.0 Å². The molecule has 25 heavy (non-hydrogen) atoms. The van der Waals surface area contributed by atoms with Crippen LogP contribution in [-0.4, -0.2) is 60.6 Å². The molecule has 134 valence electrons. The maximum Gasteiger partial charge on any atom is 0.243 e. The summed E-state index contributed by atoms with van der Waals surface area (Å²) in [5, 5.41) is 0. The quantitative estimate of drug-likeness (QED) is 0.877. The third-order valence-electron chi connectivity index (χ3n) is 4.68. The van der Waals surface area contributed by atoms with Gasteiger partial charge in [-0.15, -0.1) is 0 Å². The minimum absolute atomic E-state index is 0.0856. The molecule has 1 aromatic heterocycles. The van der Waals surface area contributed by atoms with Gasteiger partial charge in [0.25, 0.3) is 0 Å². The van der Waals surface area contributed by atoms with Crippen LogP contribution in [0.15, 0.2) is 35.5 Å². The largest absolute Gasteiger partial charge is 0.454 e. The number of piperazine rings is 1. The van der Waals surface area contributed by atoms with Crippen molar-refractivity contribution in [1.82, 2.24) is 19.2 Å². The smallest absolute Gasteiger partial charge is 0.243 e. The number of imidazole rings is 1. The average molecular weight is 364 g/mol. The maximum absolute atomic E-state index is 13.1. The number of hydrogen-bond donors (Lipinski definition) is 1. The number of H-pyrrole nitrogens is 1. The van der Waals surface area contributed by atoms with Crippen LogP contribution >= 0.6 is 0 Å². The Hall–Kier alpha value is -2.10. The van der Waals surface area contributed by atoms with E-state index in [1.807, 2.05) is 0 Å². The Morgan fingerprint density at radius 2 is 2.12 bits per heavy atom. The lowest BCUT2D eigenvalue weighted by molar-refractivity contribution is 0.119. The van der Waals surface area contributed by atoms with Gasteiger partial charge in [0.05, 0.1) is 10.9 Å². The van der Waals surface area contributed by atoms with Crippen molar-refractivity contribution in [1.29, 1.82) is 0 Å². The fourth-order valence-corrected chi connectivity index (χ4v) is 4.75. The van der Waals surface area contributed by atoms with Crippen molar-refractivity contribution < 1.29 is 17.9 Å². The van der Waals surface area contributed by atoms with Crippen molar-refractivity contribution in [2.24, 2.45) is 0 Å². The van der Waals surface area contributed by atoms with E-state index in [2.05, 4.69) is 21.8 Å². The zero-order valence-corrected chi connectivity index (χ0v) is 14.7. The molecule has 4 rings (SSSR count). The monoisotopic (exact) mass is 364 g/mol. The number of rotatable bonds is 4. The number of sulfonamides is 1. The zero-order chi connectivity index (χ0) is 17.4. The molecule has 0 spiro atoms. The van der Waals surface area contributed by atoms with Gasteiger partial charge >= 0.3 is 0 Å². The summed E-state index contributed by atoms with van der Waals surface area (Å²) in [6.45, 7) is 4.49. The molecule has 2 aromatic rings. The molecule has 0 unspecified atom stereocenters. The Labute approximate surface area is 146 Å². The summed E-state index contributed by atoms with van der Waals surface area (Å²) < 4.78 is 38.2. The Balaban J connectivity index is 1.62. The summed E-state index contributed by atoms with van der Waals surface area (Å²) in [7, 11) is -3.61. The molecule has 2 aliphatic rings. The topological polar surface area (TPSA) is 87.8 Å². The molecule has 0 amide bonds. The number of aromatic nitrogens is 2. The summed E-state index contributed by atoms with van der Waals surface area (Å²) in [5.41, 5.74) is 0. The number of hydrogen-bond acceptors (Lipinski definition) is 6. The van der Waals surface area contributed by atoms with Crippen LogP contribution < -0.4 is 9.47 Å². The lowest BCUT2D eigenvalue weighted by Crippen LogP contribution is -2.50. The van der Waals surface area contributed by atoms with Crippen LogP contribution in [0.5, 0.6) is 11.5 Å². The summed E-state index contributed by atoms with van der Waals surface area (Å²) >= 11 is 0. The van der Waals surface area contributed by atoms with Crippen LogP contribution in [0.4, 0.5) is 0 Å². The minimum atomic E-state index is -3.61. The molecule has 8 nitrogen and oxygen atoms in total. The number of ether oxygens (including phenoxy) is 2. The molecule has 0 bridgehead atoms. The van der Waals surface area contributed by atoms with Crippen molar-refractivity contribution >= 4 is 10.0 Å². The Bertz CT molecular complexity index is 853. The average Bonchev–Trinajstić information content (AvgIpc) is 3.31. The molecule has 1 aromatic carbocycles. The number of likely N-dealkylation sites (N-methyl/N-ethyl adjacent to an activating group) is 1. The van der Waals surface area contributed by atoms with E-state index in [1.165, 1.54) is 10.4 Å². The number of fused-ring (bicyclic) bond motifs is 1. The highest BCUT2D eigenvalue weighted by Gasteiger charge is 2.36. The molecule has 0 saturated carbocycles. The van der Waals surface area contributed by atoms with E-state index in [9.17, 15) is 8.42 Å². The van der Waals surface area contributed by atoms with Crippen LogP contribution in [0.3, 0.4) is 0 Å². The first-order valence-electron chi connectivity index (χ1n) is 8.22. The molecule has 1 atom stereocenters. The van der Waals surface area contributed by atoms with Crippen LogP contribution in [0, 0.1) is 0 Å². The third kappa shape index (κ3) is 2.88. The summed E-state index contributed by atoms with van der Waals surface area (Å²) in [4.78, 5) is 9.87. The van der Waals surface area contributed by atoms with Gasteiger partial charge in [-0.2, -0.15) is 4.31 Å². The van der Waals surface area contributed by atoms with E-state index in [1.54, 1.807) is 24.5 Å². The van der Waals surface area contributed by atoms with Gasteiger partial charge in [0.15, 0.2) is 11.5 Å². The van der Waals surface area contributed by atoms with Gasteiger partial charge in [-0.25, -0.2) is 13.4 Å². The lowest BCUT2D eigenvalue weighted by atomic mass is 10.2. The van der Waals surface area contributed by atoms with E-state index >= 15 is 0 Å². The van der Waals surface area contributed by atoms with Crippen molar-refractivity contribution in [2.75, 3.05) is 33.0 Å². The van der Waals surface area contributed by atoms with Crippen molar-refractivity contribution in [2.45, 2.75) is 17.9 Å². The second-order valence-electron chi connectivity index (χ2n) is 6.00. The second kappa shape index (κ2) is 6.32. The molecular weight excluding hydrogens is 344 g/mol. The van der Waals surface area contributed by atoms with Gasteiger partial charge in [-0.1, -0.05) is 6.92 Å². The second-order valence-corrected chi connectivity index (χ2v) is 7.93. The molecule has 3 heterocycles. The van der Waals surface area contributed by atoms with Gasteiger partial charge in [-0.05, 0) is 18.7 Å². The molecule has 1 saturated heterocycles. The first-order chi connectivity index (χ1) is 12.1. The molecule has 0 aliphatic carbocycles. The summed E-state index contributed by atoms with van der Waals surface area (Å²) in [5.74, 6) is 1.83. The molecule has 9 heteroatoms. The van der Waals surface area contributed by atoms with Crippen LogP contribution in [-0.2, 0) is 10.0 Å². The van der Waals surface area contributed by atoms with Crippen molar-refractivity contribution in [3.05, 3.63) is 36.4 Å². The number of aromatic amines is 1. The van der Waals surface area contributed by atoms with E-state index in [4.69, 9.17) is 9.47 Å². The van der Waals surface area contributed by atoms with Gasteiger partial charge in [0.2, 0.25) is 16.8 Å². The fourth-order valence-electron chi connectivity index (χ4n) is 3.30. The zero-order valence-electron chi connectivity index (χ0n) is 13.9. The highest BCUT2D eigenvalue weighted by atomic mass is 32.2. The first kappa shape index (κ1) is 16.4. The van der Waals surface area contributed by atoms with Crippen molar-refractivity contribution in [3.63, 3.8) is 0 Å². The van der Waals surface area contributed by atoms with Crippen LogP contribution in [0.1, 0.15) is 18.8 Å². The SMILES string of the molecule is CCN1CCN(S(=O)(=O)c2ccc3c(c2)OCO3)C[C@@H]1c1ncc[nH]1. The predicted molar refractivity (Wildman–Crippen MR) is 89.9 cm³/mol. The van der Waals surface area contributed by atoms with Gasteiger partial charge in [0, 0.05) is 38.1 Å². The standard InChI is InChI=1S/C16H20N4O4S/c1-2-19-7-8-20(10-13(19)16-17-5-6-18-16)25(21,22)12-3-4-14-15(9-12)24-11-23-14/h3-6,9,13H,2,7-8,10-11H2,1H3,(H,17,18)/t13-/m1/s1. The Morgan fingerprint density at radius 1 is 1.28 bits per heavy atom. The van der Waals surface area contributed by atoms with E-state index in [0.717, 1.165) is 12.4 Å². The Morgan fingerprint density at radius 3 is 2.88 bits per heavy atom. The molecular formula is C16H20N4O4S. The molecule has 2 aliphatic heterocycles. The van der Waals surface area contributed by atoms with Crippen molar-refractivity contribution in [3.8, 4) is 11.5 Å². The highest BCUT2D eigenvalue weighted by Crippen LogP contribution is 2.35. The Kier molecular flexibility index (Phi) is 4.14. The lowest BCUT2D eigenvalue weighted by Gasteiger charge is -2.39.